The van der Waals surface area contributed by atoms with Crippen LogP contribution < -0.4 is 5.32 Å². The summed E-state index contributed by atoms with van der Waals surface area (Å²) in [4.78, 5) is 0. The summed E-state index contributed by atoms with van der Waals surface area (Å²) in [5.74, 6) is 0. The summed E-state index contributed by atoms with van der Waals surface area (Å²) in [6.45, 7) is 14.2. The second-order valence-electron chi connectivity index (χ2n) is 6.21. The van der Waals surface area contributed by atoms with Crippen LogP contribution in [0.15, 0.2) is 12.1 Å². The molecular weight excluding hydrogens is 242 g/mol. The molecular formula is C16H26ClN. The molecule has 0 saturated heterocycles. The highest BCUT2D eigenvalue weighted by Gasteiger charge is 2.27. The number of nitrogens with one attached hydrogen (secondary N) is 1. The molecule has 1 unspecified atom stereocenters. The van der Waals surface area contributed by atoms with E-state index in [2.05, 4.69) is 59.0 Å². The monoisotopic (exact) mass is 267 g/mol. The molecule has 1 N–H and O–H groups in total. The van der Waals surface area contributed by atoms with Gasteiger partial charge in [-0.1, -0.05) is 45.4 Å². The van der Waals surface area contributed by atoms with Gasteiger partial charge in [-0.05, 0) is 55.0 Å². The van der Waals surface area contributed by atoms with Gasteiger partial charge in [-0.2, -0.15) is 0 Å². The Balaban J connectivity index is 3.16. The summed E-state index contributed by atoms with van der Waals surface area (Å²) < 4.78 is 0. The number of rotatable bonds is 4. The maximum Gasteiger partial charge on any atom is 0.0456 e. The molecule has 1 aromatic rings. The van der Waals surface area contributed by atoms with E-state index in [1.54, 1.807) is 0 Å². The Morgan fingerprint density at radius 2 is 1.72 bits per heavy atom. The lowest BCUT2D eigenvalue weighted by molar-refractivity contribution is 0.273. The highest BCUT2D eigenvalue weighted by Crippen LogP contribution is 2.37. The van der Waals surface area contributed by atoms with Gasteiger partial charge in [-0.15, -0.1) is 0 Å². The first-order valence-corrected chi connectivity index (χ1v) is 7.15. The highest BCUT2D eigenvalue weighted by molar-refractivity contribution is 6.31. The van der Waals surface area contributed by atoms with Gasteiger partial charge in [-0.3, -0.25) is 0 Å². The van der Waals surface area contributed by atoms with Gasteiger partial charge in [0.1, 0.15) is 0 Å². The first kappa shape index (κ1) is 15.5. The molecule has 0 aromatic heterocycles. The van der Waals surface area contributed by atoms with Crippen molar-refractivity contribution >= 4 is 11.6 Å². The summed E-state index contributed by atoms with van der Waals surface area (Å²) in [6, 6.07) is 4.61. The van der Waals surface area contributed by atoms with Crippen molar-refractivity contribution in [1.29, 1.82) is 0 Å². The SMILES string of the molecule is CCCNC(c1cc(C)c(C)cc1Cl)C(C)(C)C. The molecule has 0 aliphatic carbocycles. The third-order valence-electron chi connectivity index (χ3n) is 3.39. The zero-order valence-corrected chi connectivity index (χ0v) is 13.3. The summed E-state index contributed by atoms with van der Waals surface area (Å²) >= 11 is 6.44. The lowest BCUT2D eigenvalue weighted by Gasteiger charge is -2.33. The van der Waals surface area contributed by atoms with Crippen LogP contribution in [0.5, 0.6) is 0 Å². The normalized spacial score (nSPS) is 13.7. The molecule has 0 amide bonds. The number of halogens is 1. The minimum absolute atomic E-state index is 0.153. The first-order valence-electron chi connectivity index (χ1n) is 6.77. The Bertz CT molecular complexity index is 404. The van der Waals surface area contributed by atoms with Crippen LogP contribution in [0, 0.1) is 19.3 Å². The molecule has 0 spiro atoms. The van der Waals surface area contributed by atoms with E-state index >= 15 is 0 Å². The standard InChI is InChI=1S/C16H26ClN/c1-7-8-18-15(16(4,5)6)13-9-11(2)12(3)10-14(13)17/h9-10,15,18H,7-8H2,1-6H3. The number of hydrogen-bond acceptors (Lipinski definition) is 1. The van der Waals surface area contributed by atoms with Crippen LogP contribution in [0.25, 0.3) is 0 Å². The van der Waals surface area contributed by atoms with Gasteiger partial charge in [0.2, 0.25) is 0 Å². The molecule has 0 fully saturated rings. The molecule has 0 aliphatic rings. The molecule has 0 heterocycles. The zero-order valence-electron chi connectivity index (χ0n) is 12.5. The topological polar surface area (TPSA) is 12.0 Å². The highest BCUT2D eigenvalue weighted by atomic mass is 35.5. The van der Waals surface area contributed by atoms with Gasteiger partial charge in [0.25, 0.3) is 0 Å². The molecule has 0 bridgehead atoms. The third-order valence-corrected chi connectivity index (χ3v) is 3.72. The van der Waals surface area contributed by atoms with Gasteiger partial charge in [0, 0.05) is 11.1 Å². The molecule has 18 heavy (non-hydrogen) atoms. The minimum atomic E-state index is 0.153. The molecule has 1 aromatic carbocycles. The van der Waals surface area contributed by atoms with Crippen LogP contribution in [0.4, 0.5) is 0 Å². The maximum absolute atomic E-state index is 6.44. The maximum atomic E-state index is 6.44. The Morgan fingerprint density at radius 3 is 2.22 bits per heavy atom. The van der Waals surface area contributed by atoms with E-state index in [9.17, 15) is 0 Å². The van der Waals surface area contributed by atoms with E-state index < -0.39 is 0 Å². The Labute approximate surface area is 117 Å². The zero-order chi connectivity index (χ0) is 13.9. The summed E-state index contributed by atoms with van der Waals surface area (Å²) in [7, 11) is 0. The lowest BCUT2D eigenvalue weighted by atomic mass is 9.81. The number of benzene rings is 1. The van der Waals surface area contributed by atoms with E-state index in [1.807, 2.05) is 0 Å². The van der Waals surface area contributed by atoms with Crippen molar-refractivity contribution in [3.63, 3.8) is 0 Å². The second-order valence-corrected chi connectivity index (χ2v) is 6.62. The number of aryl methyl sites for hydroxylation is 2. The van der Waals surface area contributed by atoms with Crippen LogP contribution in [-0.2, 0) is 0 Å². The van der Waals surface area contributed by atoms with Crippen molar-refractivity contribution in [2.75, 3.05) is 6.54 Å². The lowest BCUT2D eigenvalue weighted by Crippen LogP contribution is -2.33. The third kappa shape index (κ3) is 3.73. The van der Waals surface area contributed by atoms with E-state index in [0.717, 1.165) is 18.0 Å². The van der Waals surface area contributed by atoms with Crippen LogP contribution in [-0.4, -0.2) is 6.54 Å². The Hall–Kier alpha value is -0.530. The molecule has 0 saturated carbocycles. The first-order chi connectivity index (χ1) is 8.27. The number of hydrogen-bond donors (Lipinski definition) is 1. The molecule has 0 aliphatic heterocycles. The quantitative estimate of drug-likeness (QED) is 0.806. The van der Waals surface area contributed by atoms with Crippen molar-refractivity contribution in [2.24, 2.45) is 5.41 Å². The fourth-order valence-corrected chi connectivity index (χ4v) is 2.52. The molecule has 1 nitrogen and oxygen atoms in total. The smallest absolute Gasteiger partial charge is 0.0456 e. The molecule has 102 valence electrons. The van der Waals surface area contributed by atoms with E-state index in [-0.39, 0.29) is 5.41 Å². The average Bonchev–Trinajstić information content (AvgIpc) is 2.24. The minimum Gasteiger partial charge on any atom is -0.309 e. The van der Waals surface area contributed by atoms with Gasteiger partial charge in [0.15, 0.2) is 0 Å². The van der Waals surface area contributed by atoms with Gasteiger partial charge >= 0.3 is 0 Å². The Morgan fingerprint density at radius 1 is 1.17 bits per heavy atom. The fraction of sp³-hybridized carbons (Fsp3) is 0.625. The molecule has 1 atom stereocenters. The van der Waals surface area contributed by atoms with Crippen LogP contribution >= 0.6 is 11.6 Å². The molecule has 0 radical (unpaired) electrons. The predicted octanol–water partition coefficient (Wildman–Crippen LogP) is 5.04. The van der Waals surface area contributed by atoms with Gasteiger partial charge < -0.3 is 5.32 Å². The van der Waals surface area contributed by atoms with Crippen LogP contribution in [0.2, 0.25) is 5.02 Å². The van der Waals surface area contributed by atoms with Gasteiger partial charge in [0.05, 0.1) is 0 Å². The average molecular weight is 268 g/mol. The predicted molar refractivity (Wildman–Crippen MR) is 81.4 cm³/mol. The van der Waals surface area contributed by atoms with Crippen molar-refractivity contribution in [3.8, 4) is 0 Å². The van der Waals surface area contributed by atoms with E-state index in [4.69, 9.17) is 11.6 Å². The summed E-state index contributed by atoms with van der Waals surface area (Å²) in [6.07, 6.45) is 1.13. The largest absolute Gasteiger partial charge is 0.309 e. The molecule has 1 rings (SSSR count). The summed E-state index contributed by atoms with van der Waals surface area (Å²) in [5.41, 5.74) is 3.94. The Kier molecular flexibility index (Phi) is 5.24. The van der Waals surface area contributed by atoms with Crippen molar-refractivity contribution in [1.82, 2.24) is 5.32 Å². The van der Waals surface area contributed by atoms with Crippen molar-refractivity contribution in [2.45, 2.75) is 54.0 Å². The molecule has 2 heteroatoms. The summed E-state index contributed by atoms with van der Waals surface area (Å²) in [5, 5.41) is 4.51. The van der Waals surface area contributed by atoms with Crippen molar-refractivity contribution < 1.29 is 0 Å². The van der Waals surface area contributed by atoms with Crippen LogP contribution in [0.3, 0.4) is 0 Å². The van der Waals surface area contributed by atoms with E-state index in [1.165, 1.54) is 16.7 Å². The second kappa shape index (κ2) is 6.08. The van der Waals surface area contributed by atoms with Gasteiger partial charge in [-0.25, -0.2) is 0 Å². The van der Waals surface area contributed by atoms with E-state index in [0.29, 0.717) is 6.04 Å². The fourth-order valence-electron chi connectivity index (χ4n) is 2.20. The van der Waals surface area contributed by atoms with Crippen LogP contribution in [0.1, 0.15) is 56.8 Å². The van der Waals surface area contributed by atoms with Crippen molar-refractivity contribution in [3.05, 3.63) is 33.8 Å².